The minimum absolute atomic E-state index is 0.0453. The zero-order valence-corrected chi connectivity index (χ0v) is 10.9. The van der Waals surface area contributed by atoms with Gasteiger partial charge in [0.2, 0.25) is 0 Å². The molecule has 0 bridgehead atoms. The SMILES string of the molecule is CCc1ncc(S(=O)(=O)NCc2ncn(C)n2)[nH]1. The maximum Gasteiger partial charge on any atom is 0.258 e. The Labute approximate surface area is 105 Å². The van der Waals surface area contributed by atoms with Crippen molar-refractivity contribution in [3.63, 3.8) is 0 Å². The molecule has 0 saturated carbocycles. The van der Waals surface area contributed by atoms with Crippen LogP contribution >= 0.6 is 0 Å². The molecule has 0 aliphatic heterocycles. The number of nitrogens with one attached hydrogen (secondary N) is 2. The number of aromatic amines is 1. The predicted octanol–water partition coefficient (Wildman–Crippen LogP) is -0.421. The van der Waals surface area contributed by atoms with Crippen LogP contribution in [-0.2, 0) is 30.0 Å². The molecule has 0 aromatic carbocycles. The number of sulfonamides is 1. The van der Waals surface area contributed by atoms with Crippen LogP contribution < -0.4 is 4.72 Å². The third-order valence-electron chi connectivity index (χ3n) is 2.30. The minimum Gasteiger partial charge on any atom is -0.332 e. The van der Waals surface area contributed by atoms with E-state index in [-0.39, 0.29) is 11.6 Å². The number of H-pyrrole nitrogens is 1. The minimum atomic E-state index is -3.60. The molecule has 8 nitrogen and oxygen atoms in total. The molecule has 2 heterocycles. The monoisotopic (exact) mass is 270 g/mol. The smallest absolute Gasteiger partial charge is 0.258 e. The van der Waals surface area contributed by atoms with E-state index in [1.165, 1.54) is 17.2 Å². The lowest BCUT2D eigenvalue weighted by molar-refractivity contribution is 0.575. The second-order valence-electron chi connectivity index (χ2n) is 3.71. The highest BCUT2D eigenvalue weighted by Crippen LogP contribution is 2.06. The van der Waals surface area contributed by atoms with E-state index in [9.17, 15) is 8.42 Å². The second kappa shape index (κ2) is 4.86. The van der Waals surface area contributed by atoms with E-state index >= 15 is 0 Å². The molecule has 0 amide bonds. The molecule has 0 spiro atoms. The predicted molar refractivity (Wildman–Crippen MR) is 63.0 cm³/mol. The van der Waals surface area contributed by atoms with Gasteiger partial charge in [0.05, 0.1) is 12.7 Å². The maximum absolute atomic E-state index is 11.9. The number of aromatic nitrogens is 5. The van der Waals surface area contributed by atoms with Crippen LogP contribution in [0.2, 0.25) is 0 Å². The summed E-state index contributed by atoms with van der Waals surface area (Å²) in [5.41, 5.74) is 0. The van der Waals surface area contributed by atoms with Crippen LogP contribution in [-0.4, -0.2) is 33.2 Å². The largest absolute Gasteiger partial charge is 0.332 e. The molecule has 2 aromatic rings. The number of rotatable bonds is 5. The van der Waals surface area contributed by atoms with E-state index in [4.69, 9.17) is 0 Å². The highest BCUT2D eigenvalue weighted by molar-refractivity contribution is 7.89. The lowest BCUT2D eigenvalue weighted by Gasteiger charge is -2.01. The Morgan fingerprint density at radius 1 is 1.44 bits per heavy atom. The number of hydrogen-bond donors (Lipinski definition) is 2. The third-order valence-corrected chi connectivity index (χ3v) is 3.61. The van der Waals surface area contributed by atoms with Crippen LogP contribution in [0.5, 0.6) is 0 Å². The fraction of sp³-hybridized carbons (Fsp3) is 0.444. The van der Waals surface area contributed by atoms with E-state index in [2.05, 4.69) is 24.8 Å². The Balaban J connectivity index is 2.07. The number of imidazole rings is 1. The molecular weight excluding hydrogens is 256 g/mol. The van der Waals surface area contributed by atoms with Gasteiger partial charge in [-0.1, -0.05) is 6.92 Å². The molecule has 0 atom stereocenters. The summed E-state index contributed by atoms with van der Waals surface area (Å²) in [4.78, 5) is 10.6. The van der Waals surface area contributed by atoms with Crippen molar-refractivity contribution >= 4 is 10.0 Å². The fourth-order valence-electron chi connectivity index (χ4n) is 1.36. The van der Waals surface area contributed by atoms with Gasteiger partial charge in [-0.2, -0.15) is 5.10 Å². The summed E-state index contributed by atoms with van der Waals surface area (Å²) in [6.07, 6.45) is 3.46. The van der Waals surface area contributed by atoms with Gasteiger partial charge in [-0.3, -0.25) is 4.68 Å². The zero-order valence-electron chi connectivity index (χ0n) is 10.1. The summed E-state index contributed by atoms with van der Waals surface area (Å²) >= 11 is 0. The van der Waals surface area contributed by atoms with Crippen molar-refractivity contribution in [1.82, 2.24) is 29.5 Å². The van der Waals surface area contributed by atoms with Crippen LogP contribution in [0.15, 0.2) is 17.6 Å². The van der Waals surface area contributed by atoms with Crippen molar-refractivity contribution in [2.75, 3.05) is 0 Å². The van der Waals surface area contributed by atoms with Crippen LogP contribution in [0.4, 0.5) is 0 Å². The Hall–Kier alpha value is -1.74. The van der Waals surface area contributed by atoms with Gasteiger partial charge in [-0.15, -0.1) is 0 Å². The summed E-state index contributed by atoms with van der Waals surface area (Å²) in [5, 5.41) is 4.03. The summed E-state index contributed by atoms with van der Waals surface area (Å²) in [7, 11) is -1.88. The molecule has 2 N–H and O–H groups in total. The molecule has 0 unspecified atom stereocenters. The molecule has 9 heteroatoms. The van der Waals surface area contributed by atoms with Crippen molar-refractivity contribution < 1.29 is 8.42 Å². The second-order valence-corrected chi connectivity index (χ2v) is 5.44. The van der Waals surface area contributed by atoms with Gasteiger partial charge in [-0.25, -0.2) is 23.1 Å². The number of hydrogen-bond acceptors (Lipinski definition) is 5. The first-order valence-corrected chi connectivity index (χ1v) is 6.87. The molecule has 0 fully saturated rings. The van der Waals surface area contributed by atoms with Crippen LogP contribution in [0, 0.1) is 0 Å². The lowest BCUT2D eigenvalue weighted by Crippen LogP contribution is -2.24. The van der Waals surface area contributed by atoms with Gasteiger partial charge >= 0.3 is 0 Å². The van der Waals surface area contributed by atoms with Crippen molar-refractivity contribution in [1.29, 1.82) is 0 Å². The van der Waals surface area contributed by atoms with Gasteiger partial charge in [0.15, 0.2) is 10.9 Å². The summed E-state index contributed by atoms with van der Waals surface area (Å²) in [5.74, 6) is 1.04. The summed E-state index contributed by atoms with van der Waals surface area (Å²) in [6, 6.07) is 0. The van der Waals surface area contributed by atoms with E-state index < -0.39 is 10.0 Å². The Kier molecular flexibility index (Phi) is 3.43. The first kappa shape index (κ1) is 12.7. The normalized spacial score (nSPS) is 11.9. The molecular formula is C9H14N6O2S. The van der Waals surface area contributed by atoms with Gasteiger partial charge in [-0.05, 0) is 0 Å². The number of aryl methyl sites for hydroxylation is 2. The molecule has 2 aromatic heterocycles. The van der Waals surface area contributed by atoms with Gasteiger partial charge in [0.1, 0.15) is 12.2 Å². The highest BCUT2D eigenvalue weighted by Gasteiger charge is 2.17. The Bertz CT molecular complexity index is 629. The average Bonchev–Trinajstić information content (AvgIpc) is 2.95. The molecule has 0 aliphatic carbocycles. The van der Waals surface area contributed by atoms with Crippen LogP contribution in [0.1, 0.15) is 18.6 Å². The first-order chi connectivity index (χ1) is 8.51. The van der Waals surface area contributed by atoms with Crippen molar-refractivity contribution in [3.8, 4) is 0 Å². The van der Waals surface area contributed by atoms with E-state index in [0.29, 0.717) is 18.1 Å². The van der Waals surface area contributed by atoms with E-state index in [1.54, 1.807) is 7.05 Å². The first-order valence-electron chi connectivity index (χ1n) is 5.39. The highest BCUT2D eigenvalue weighted by atomic mass is 32.2. The third kappa shape index (κ3) is 2.74. The fourth-order valence-corrected chi connectivity index (χ4v) is 2.28. The molecule has 18 heavy (non-hydrogen) atoms. The molecule has 0 aliphatic rings. The van der Waals surface area contributed by atoms with Crippen LogP contribution in [0.25, 0.3) is 0 Å². The standard InChI is InChI=1S/C9H14N6O2S/c1-3-7-10-5-9(13-7)18(16,17)12-4-8-11-6-15(2)14-8/h5-6,12H,3-4H2,1-2H3,(H,10,13). The van der Waals surface area contributed by atoms with Gasteiger partial charge in [0.25, 0.3) is 10.0 Å². The average molecular weight is 270 g/mol. The zero-order chi connectivity index (χ0) is 13.2. The molecule has 0 saturated heterocycles. The van der Waals surface area contributed by atoms with E-state index in [0.717, 1.165) is 0 Å². The van der Waals surface area contributed by atoms with Crippen molar-refractivity contribution in [2.45, 2.75) is 24.9 Å². The maximum atomic E-state index is 11.9. The summed E-state index contributed by atoms with van der Waals surface area (Å²) < 4.78 is 27.7. The van der Waals surface area contributed by atoms with Crippen LogP contribution in [0.3, 0.4) is 0 Å². The quantitative estimate of drug-likeness (QED) is 0.767. The lowest BCUT2D eigenvalue weighted by atomic mass is 10.5. The van der Waals surface area contributed by atoms with Crippen molar-refractivity contribution in [3.05, 3.63) is 24.2 Å². The number of nitrogens with zero attached hydrogens (tertiary/aromatic N) is 4. The van der Waals surface area contributed by atoms with Crippen molar-refractivity contribution in [2.24, 2.45) is 7.05 Å². The summed E-state index contributed by atoms with van der Waals surface area (Å²) in [6.45, 7) is 1.93. The van der Waals surface area contributed by atoms with E-state index in [1.807, 2.05) is 6.92 Å². The topological polar surface area (TPSA) is 106 Å². The Morgan fingerprint density at radius 3 is 2.78 bits per heavy atom. The molecule has 98 valence electrons. The Morgan fingerprint density at radius 2 is 2.22 bits per heavy atom. The molecule has 2 rings (SSSR count). The van der Waals surface area contributed by atoms with Gasteiger partial charge in [0, 0.05) is 13.5 Å². The van der Waals surface area contributed by atoms with Gasteiger partial charge < -0.3 is 4.98 Å². The molecule has 0 radical (unpaired) electrons.